The van der Waals surface area contributed by atoms with Crippen LogP contribution in [0.5, 0.6) is 5.75 Å². The minimum Gasteiger partial charge on any atom is -0.484 e. The Labute approximate surface area is 111 Å². The van der Waals surface area contributed by atoms with Crippen molar-refractivity contribution in [3.05, 3.63) is 29.3 Å². The Bertz CT molecular complexity index is 463. The summed E-state index contributed by atoms with van der Waals surface area (Å²) in [5.41, 5.74) is 0.597. The first-order valence-corrected chi connectivity index (χ1v) is 6.56. The SMILES string of the molecule is CC12CC(NC(=O)COc3ccc(Cl)cc3)(C1)C2. The summed E-state index contributed by atoms with van der Waals surface area (Å²) in [5.74, 6) is 0.630. The Morgan fingerprint density at radius 1 is 1.33 bits per heavy atom. The quantitative estimate of drug-likeness (QED) is 0.909. The molecule has 0 spiro atoms. The molecule has 3 nitrogen and oxygen atoms in total. The molecule has 3 aliphatic rings. The lowest BCUT2D eigenvalue weighted by atomic mass is 9.40. The first-order valence-electron chi connectivity index (χ1n) is 6.18. The van der Waals surface area contributed by atoms with Gasteiger partial charge in [-0.25, -0.2) is 0 Å². The van der Waals surface area contributed by atoms with E-state index in [4.69, 9.17) is 16.3 Å². The number of halogens is 1. The number of nitrogens with one attached hydrogen (secondary N) is 1. The van der Waals surface area contributed by atoms with Gasteiger partial charge in [-0.15, -0.1) is 0 Å². The number of hydrogen-bond acceptors (Lipinski definition) is 2. The largest absolute Gasteiger partial charge is 0.484 e. The van der Waals surface area contributed by atoms with Crippen molar-refractivity contribution < 1.29 is 9.53 Å². The first-order chi connectivity index (χ1) is 8.49. The molecule has 96 valence electrons. The number of carbonyl (C=O) groups excluding carboxylic acids is 1. The van der Waals surface area contributed by atoms with Gasteiger partial charge in [0.05, 0.1) is 0 Å². The summed E-state index contributed by atoms with van der Waals surface area (Å²) in [6.45, 7) is 2.34. The minimum atomic E-state index is -0.0355. The summed E-state index contributed by atoms with van der Waals surface area (Å²) in [6, 6.07) is 7.02. The van der Waals surface area contributed by atoms with E-state index in [-0.39, 0.29) is 18.1 Å². The van der Waals surface area contributed by atoms with Gasteiger partial charge in [-0.1, -0.05) is 18.5 Å². The van der Waals surface area contributed by atoms with E-state index in [9.17, 15) is 4.79 Å². The maximum Gasteiger partial charge on any atom is 0.258 e. The zero-order valence-electron chi connectivity index (χ0n) is 10.3. The second-order valence-corrected chi connectivity index (χ2v) is 6.35. The summed E-state index contributed by atoms with van der Waals surface area (Å²) >= 11 is 5.77. The molecule has 0 heterocycles. The molecule has 18 heavy (non-hydrogen) atoms. The standard InChI is InChI=1S/C14H16ClNO2/c1-13-7-14(8-13,9-13)16-12(17)6-18-11-4-2-10(15)3-5-11/h2-5H,6-9H2,1H3,(H,16,17). The number of rotatable bonds is 4. The van der Waals surface area contributed by atoms with Crippen molar-refractivity contribution in [2.75, 3.05) is 6.61 Å². The lowest BCUT2D eigenvalue weighted by Gasteiger charge is -2.69. The van der Waals surface area contributed by atoms with E-state index in [0.717, 1.165) is 19.3 Å². The highest BCUT2D eigenvalue weighted by atomic mass is 35.5. The summed E-state index contributed by atoms with van der Waals surface area (Å²) in [6.07, 6.45) is 3.35. The topological polar surface area (TPSA) is 38.3 Å². The third-order valence-electron chi connectivity index (χ3n) is 3.88. The lowest BCUT2D eigenvalue weighted by molar-refractivity contribution is -0.157. The summed E-state index contributed by atoms with van der Waals surface area (Å²) in [7, 11) is 0. The number of hydrogen-bond donors (Lipinski definition) is 1. The van der Waals surface area contributed by atoms with E-state index >= 15 is 0 Å². The average Bonchev–Trinajstić information content (AvgIpc) is 2.25. The van der Waals surface area contributed by atoms with Crippen LogP contribution in [-0.2, 0) is 4.79 Å². The van der Waals surface area contributed by atoms with Crippen LogP contribution in [0.15, 0.2) is 24.3 Å². The molecule has 1 amide bonds. The molecule has 0 saturated heterocycles. The second-order valence-electron chi connectivity index (χ2n) is 5.91. The van der Waals surface area contributed by atoms with Crippen LogP contribution in [-0.4, -0.2) is 18.1 Å². The molecular weight excluding hydrogens is 250 g/mol. The maximum absolute atomic E-state index is 11.8. The Morgan fingerprint density at radius 2 is 1.94 bits per heavy atom. The van der Waals surface area contributed by atoms with Gasteiger partial charge in [0.25, 0.3) is 5.91 Å². The summed E-state index contributed by atoms with van der Waals surface area (Å²) < 4.78 is 5.41. The van der Waals surface area contributed by atoms with E-state index in [2.05, 4.69) is 12.2 Å². The van der Waals surface area contributed by atoms with Crippen molar-refractivity contribution in [2.24, 2.45) is 5.41 Å². The fraction of sp³-hybridized carbons (Fsp3) is 0.500. The van der Waals surface area contributed by atoms with Crippen molar-refractivity contribution >= 4 is 17.5 Å². The smallest absolute Gasteiger partial charge is 0.258 e. The maximum atomic E-state index is 11.8. The first kappa shape index (κ1) is 11.8. The van der Waals surface area contributed by atoms with Gasteiger partial charge in [-0.2, -0.15) is 0 Å². The number of benzene rings is 1. The zero-order valence-corrected chi connectivity index (χ0v) is 11.1. The van der Waals surface area contributed by atoms with Crippen LogP contribution in [0.4, 0.5) is 0 Å². The zero-order chi connectivity index (χ0) is 12.8. The van der Waals surface area contributed by atoms with Crippen molar-refractivity contribution in [3.63, 3.8) is 0 Å². The molecule has 3 aliphatic carbocycles. The molecular formula is C14H16ClNO2. The molecule has 0 atom stereocenters. The van der Waals surface area contributed by atoms with Gasteiger partial charge in [0.2, 0.25) is 0 Å². The third kappa shape index (κ3) is 2.07. The van der Waals surface area contributed by atoms with Gasteiger partial charge in [0.1, 0.15) is 5.75 Å². The third-order valence-corrected chi connectivity index (χ3v) is 4.14. The van der Waals surface area contributed by atoms with Crippen LogP contribution in [0.3, 0.4) is 0 Å². The fourth-order valence-electron chi connectivity index (χ4n) is 3.44. The fourth-order valence-corrected chi connectivity index (χ4v) is 3.57. The van der Waals surface area contributed by atoms with Crippen LogP contribution in [0.1, 0.15) is 26.2 Å². The lowest BCUT2D eigenvalue weighted by Crippen LogP contribution is -2.73. The van der Waals surface area contributed by atoms with Crippen LogP contribution in [0.25, 0.3) is 0 Å². The van der Waals surface area contributed by atoms with Crippen molar-refractivity contribution in [3.8, 4) is 5.75 Å². The monoisotopic (exact) mass is 265 g/mol. The Hall–Kier alpha value is -1.22. The van der Waals surface area contributed by atoms with Gasteiger partial charge < -0.3 is 10.1 Å². The normalized spacial score (nSPS) is 32.1. The average molecular weight is 266 g/mol. The molecule has 1 aromatic rings. The summed E-state index contributed by atoms with van der Waals surface area (Å²) in [5, 5.41) is 3.74. The molecule has 0 aliphatic heterocycles. The van der Waals surface area contributed by atoms with E-state index < -0.39 is 0 Å². The highest BCUT2D eigenvalue weighted by Gasteiger charge is 2.65. The molecule has 0 radical (unpaired) electrons. The molecule has 0 unspecified atom stereocenters. The number of carbonyl (C=O) groups is 1. The van der Waals surface area contributed by atoms with Crippen LogP contribution in [0.2, 0.25) is 5.02 Å². The van der Waals surface area contributed by atoms with Gasteiger partial charge >= 0.3 is 0 Å². The highest BCUT2D eigenvalue weighted by Crippen LogP contribution is 2.66. The molecule has 0 aromatic heterocycles. The molecule has 1 aromatic carbocycles. The molecule has 4 heteroatoms. The van der Waals surface area contributed by atoms with Crippen LogP contribution in [0, 0.1) is 5.41 Å². The van der Waals surface area contributed by atoms with Gasteiger partial charge in [-0.3, -0.25) is 4.79 Å². The predicted molar refractivity (Wildman–Crippen MR) is 69.8 cm³/mol. The Kier molecular flexibility index (Phi) is 2.56. The van der Waals surface area contributed by atoms with Crippen molar-refractivity contribution in [1.82, 2.24) is 5.32 Å². The Balaban J connectivity index is 1.46. The predicted octanol–water partition coefficient (Wildman–Crippen LogP) is 2.78. The molecule has 2 bridgehead atoms. The molecule has 3 saturated carbocycles. The second kappa shape index (κ2) is 3.89. The van der Waals surface area contributed by atoms with Crippen LogP contribution < -0.4 is 10.1 Å². The number of ether oxygens (including phenoxy) is 1. The van der Waals surface area contributed by atoms with Crippen LogP contribution >= 0.6 is 11.6 Å². The van der Waals surface area contributed by atoms with E-state index in [1.54, 1.807) is 24.3 Å². The van der Waals surface area contributed by atoms with Crippen molar-refractivity contribution in [1.29, 1.82) is 0 Å². The number of amides is 1. The van der Waals surface area contributed by atoms with Gasteiger partial charge in [0, 0.05) is 10.6 Å². The van der Waals surface area contributed by atoms with E-state index in [1.165, 1.54) is 0 Å². The summed E-state index contributed by atoms with van der Waals surface area (Å²) in [4.78, 5) is 11.8. The molecule has 3 fully saturated rings. The van der Waals surface area contributed by atoms with Crippen molar-refractivity contribution in [2.45, 2.75) is 31.7 Å². The molecule has 4 rings (SSSR count). The van der Waals surface area contributed by atoms with E-state index in [0.29, 0.717) is 16.2 Å². The Morgan fingerprint density at radius 3 is 2.50 bits per heavy atom. The highest BCUT2D eigenvalue weighted by molar-refractivity contribution is 6.30. The van der Waals surface area contributed by atoms with E-state index in [1.807, 2.05) is 0 Å². The van der Waals surface area contributed by atoms with Gasteiger partial charge in [-0.05, 0) is 48.9 Å². The minimum absolute atomic E-state index is 0.0355. The molecule has 1 N–H and O–H groups in total. The van der Waals surface area contributed by atoms with Gasteiger partial charge in [0.15, 0.2) is 6.61 Å².